The second-order valence-electron chi connectivity index (χ2n) is 6.08. The highest BCUT2D eigenvalue weighted by molar-refractivity contribution is 5.91. The molecule has 2 aromatic rings. The molecule has 5 heteroatoms. The van der Waals surface area contributed by atoms with Crippen molar-refractivity contribution in [2.75, 3.05) is 17.7 Å². The highest BCUT2D eigenvalue weighted by Gasteiger charge is 2.21. The molecule has 1 heterocycles. The molecule has 1 amide bonds. The highest BCUT2D eigenvalue weighted by atomic mass is 16.5. The maximum absolute atomic E-state index is 12.2. The molecule has 0 unspecified atom stereocenters. The van der Waals surface area contributed by atoms with Crippen LogP contribution < -0.4 is 15.4 Å². The molecular weight excluding hydrogens is 302 g/mol. The van der Waals surface area contributed by atoms with Crippen LogP contribution in [-0.4, -0.2) is 18.0 Å². The van der Waals surface area contributed by atoms with Gasteiger partial charge in [-0.05, 0) is 37.1 Å². The van der Waals surface area contributed by atoms with Crippen LogP contribution in [0.1, 0.15) is 32.1 Å². The third-order valence-corrected chi connectivity index (χ3v) is 4.38. The summed E-state index contributed by atoms with van der Waals surface area (Å²) in [6.07, 6.45) is 7.22. The number of anilines is 3. The van der Waals surface area contributed by atoms with Crippen molar-refractivity contribution in [2.45, 2.75) is 32.1 Å². The molecule has 24 heavy (non-hydrogen) atoms. The van der Waals surface area contributed by atoms with E-state index in [9.17, 15) is 4.79 Å². The third kappa shape index (κ3) is 4.04. The summed E-state index contributed by atoms with van der Waals surface area (Å²) in [6.45, 7) is 0. The number of benzene rings is 1. The first-order valence-corrected chi connectivity index (χ1v) is 8.43. The lowest BCUT2D eigenvalue weighted by molar-refractivity contribution is -0.120. The van der Waals surface area contributed by atoms with E-state index in [1.807, 2.05) is 36.4 Å². The molecule has 3 rings (SSSR count). The summed E-state index contributed by atoms with van der Waals surface area (Å²) in [4.78, 5) is 16.6. The predicted molar refractivity (Wildman–Crippen MR) is 95.7 cm³/mol. The maximum atomic E-state index is 12.2. The fraction of sp³-hybridized carbons (Fsp3) is 0.368. The number of methoxy groups -OCH3 is 1. The lowest BCUT2D eigenvalue weighted by atomic mass is 9.89. The SMILES string of the molecule is COc1ccccc1Nc1ccc(NC(=O)C2CCCCC2)nc1. The van der Waals surface area contributed by atoms with Gasteiger partial charge in [-0.3, -0.25) is 4.79 Å². The zero-order valence-electron chi connectivity index (χ0n) is 13.9. The van der Waals surface area contributed by atoms with Gasteiger partial charge in [0.05, 0.1) is 24.7 Å². The van der Waals surface area contributed by atoms with Gasteiger partial charge in [-0.25, -0.2) is 4.98 Å². The van der Waals surface area contributed by atoms with Crippen LogP contribution in [0.5, 0.6) is 5.75 Å². The van der Waals surface area contributed by atoms with E-state index in [-0.39, 0.29) is 11.8 Å². The molecular formula is C19H23N3O2. The number of para-hydroxylation sites is 2. The molecule has 0 saturated heterocycles. The summed E-state index contributed by atoms with van der Waals surface area (Å²) in [6, 6.07) is 11.4. The molecule has 0 aliphatic heterocycles. The molecule has 2 N–H and O–H groups in total. The first-order valence-electron chi connectivity index (χ1n) is 8.43. The van der Waals surface area contributed by atoms with Gasteiger partial charge < -0.3 is 15.4 Å². The Balaban J connectivity index is 1.61. The van der Waals surface area contributed by atoms with Crippen molar-refractivity contribution in [3.05, 3.63) is 42.6 Å². The maximum Gasteiger partial charge on any atom is 0.228 e. The minimum absolute atomic E-state index is 0.0904. The second kappa shape index (κ2) is 7.81. The van der Waals surface area contributed by atoms with Crippen molar-refractivity contribution in [3.8, 4) is 5.75 Å². The lowest BCUT2D eigenvalue weighted by Crippen LogP contribution is -2.25. The number of hydrogen-bond donors (Lipinski definition) is 2. The molecule has 0 bridgehead atoms. The van der Waals surface area contributed by atoms with Crippen molar-refractivity contribution in [1.82, 2.24) is 4.98 Å². The van der Waals surface area contributed by atoms with E-state index in [0.717, 1.165) is 42.8 Å². The number of pyridine rings is 1. The lowest BCUT2D eigenvalue weighted by Gasteiger charge is -2.20. The van der Waals surface area contributed by atoms with Crippen LogP contribution in [0.25, 0.3) is 0 Å². The Labute approximate surface area is 142 Å². The molecule has 0 atom stereocenters. The minimum atomic E-state index is 0.0904. The van der Waals surface area contributed by atoms with Crippen LogP contribution in [0.2, 0.25) is 0 Å². The average molecular weight is 325 g/mol. The number of hydrogen-bond acceptors (Lipinski definition) is 4. The summed E-state index contributed by atoms with van der Waals surface area (Å²) in [5, 5.41) is 6.19. The molecule has 126 valence electrons. The van der Waals surface area contributed by atoms with Gasteiger partial charge in [0.25, 0.3) is 0 Å². The number of nitrogens with one attached hydrogen (secondary N) is 2. The van der Waals surface area contributed by atoms with Crippen LogP contribution in [0, 0.1) is 5.92 Å². The van der Waals surface area contributed by atoms with Gasteiger partial charge in [0.2, 0.25) is 5.91 Å². The van der Waals surface area contributed by atoms with Gasteiger partial charge in [-0.2, -0.15) is 0 Å². The van der Waals surface area contributed by atoms with E-state index < -0.39 is 0 Å². The standard InChI is InChI=1S/C19H23N3O2/c1-24-17-10-6-5-9-16(17)21-15-11-12-18(20-13-15)22-19(23)14-7-3-2-4-8-14/h5-6,9-14,21H,2-4,7-8H2,1H3,(H,20,22,23). The first-order chi connectivity index (χ1) is 11.8. The zero-order chi connectivity index (χ0) is 16.8. The molecule has 1 aromatic carbocycles. The topological polar surface area (TPSA) is 63.2 Å². The summed E-state index contributed by atoms with van der Waals surface area (Å²) in [5.74, 6) is 1.59. The number of nitrogens with zero attached hydrogens (tertiary/aromatic N) is 1. The molecule has 1 aliphatic rings. The van der Waals surface area contributed by atoms with Crippen molar-refractivity contribution in [1.29, 1.82) is 0 Å². The number of rotatable bonds is 5. The van der Waals surface area contributed by atoms with Gasteiger partial charge in [0.1, 0.15) is 11.6 Å². The monoisotopic (exact) mass is 325 g/mol. The Morgan fingerprint density at radius 3 is 2.62 bits per heavy atom. The van der Waals surface area contributed by atoms with Crippen LogP contribution in [-0.2, 0) is 4.79 Å². The van der Waals surface area contributed by atoms with E-state index in [4.69, 9.17) is 4.74 Å². The Morgan fingerprint density at radius 2 is 1.92 bits per heavy atom. The Hall–Kier alpha value is -2.56. The van der Waals surface area contributed by atoms with Gasteiger partial charge in [-0.15, -0.1) is 0 Å². The van der Waals surface area contributed by atoms with Crippen molar-refractivity contribution >= 4 is 23.1 Å². The largest absolute Gasteiger partial charge is 0.495 e. The van der Waals surface area contributed by atoms with Crippen molar-refractivity contribution in [2.24, 2.45) is 5.92 Å². The van der Waals surface area contributed by atoms with Crippen LogP contribution >= 0.6 is 0 Å². The Bertz CT molecular complexity index is 679. The van der Waals surface area contributed by atoms with Crippen molar-refractivity contribution in [3.63, 3.8) is 0 Å². The summed E-state index contributed by atoms with van der Waals surface area (Å²) in [5.41, 5.74) is 1.72. The highest BCUT2D eigenvalue weighted by Crippen LogP contribution is 2.27. The number of aromatic nitrogens is 1. The minimum Gasteiger partial charge on any atom is -0.495 e. The summed E-state index contributed by atoms with van der Waals surface area (Å²) < 4.78 is 5.32. The van der Waals surface area contributed by atoms with E-state index in [0.29, 0.717) is 5.82 Å². The van der Waals surface area contributed by atoms with E-state index in [1.165, 1.54) is 6.42 Å². The first kappa shape index (κ1) is 16.3. The zero-order valence-corrected chi connectivity index (χ0v) is 13.9. The molecule has 1 fully saturated rings. The molecule has 1 aliphatic carbocycles. The molecule has 1 aromatic heterocycles. The average Bonchev–Trinajstić information content (AvgIpc) is 2.64. The van der Waals surface area contributed by atoms with Crippen molar-refractivity contribution < 1.29 is 9.53 Å². The van der Waals surface area contributed by atoms with Crippen LogP contribution in [0.4, 0.5) is 17.2 Å². The van der Waals surface area contributed by atoms with Gasteiger partial charge in [-0.1, -0.05) is 31.4 Å². The molecule has 5 nitrogen and oxygen atoms in total. The smallest absolute Gasteiger partial charge is 0.228 e. The molecule has 0 spiro atoms. The normalized spacial score (nSPS) is 14.9. The Kier molecular flexibility index (Phi) is 5.31. The number of amides is 1. The fourth-order valence-corrected chi connectivity index (χ4v) is 3.04. The third-order valence-electron chi connectivity index (χ3n) is 4.38. The summed E-state index contributed by atoms with van der Waals surface area (Å²) >= 11 is 0. The van der Waals surface area contributed by atoms with Crippen LogP contribution in [0.3, 0.4) is 0 Å². The Morgan fingerprint density at radius 1 is 1.12 bits per heavy atom. The second-order valence-corrected chi connectivity index (χ2v) is 6.08. The van der Waals surface area contributed by atoms with E-state index in [2.05, 4.69) is 15.6 Å². The number of ether oxygens (including phenoxy) is 1. The molecule has 1 saturated carbocycles. The van der Waals surface area contributed by atoms with Gasteiger partial charge >= 0.3 is 0 Å². The quantitative estimate of drug-likeness (QED) is 0.857. The predicted octanol–water partition coefficient (Wildman–Crippen LogP) is 4.35. The van der Waals surface area contributed by atoms with E-state index in [1.54, 1.807) is 13.3 Å². The summed E-state index contributed by atoms with van der Waals surface area (Å²) in [7, 11) is 1.64. The van der Waals surface area contributed by atoms with E-state index >= 15 is 0 Å². The van der Waals surface area contributed by atoms with Gasteiger partial charge in [0, 0.05) is 5.92 Å². The number of carbonyl (C=O) groups is 1. The molecule has 0 radical (unpaired) electrons. The van der Waals surface area contributed by atoms with Crippen LogP contribution in [0.15, 0.2) is 42.6 Å². The number of carbonyl (C=O) groups excluding carboxylic acids is 1. The fourth-order valence-electron chi connectivity index (χ4n) is 3.04. The van der Waals surface area contributed by atoms with Gasteiger partial charge in [0.15, 0.2) is 0 Å².